The molecule has 0 heterocycles. The van der Waals surface area contributed by atoms with Crippen LogP contribution in [0, 0.1) is 5.92 Å². The van der Waals surface area contributed by atoms with Crippen molar-refractivity contribution in [2.75, 3.05) is 26.8 Å². The van der Waals surface area contributed by atoms with Crippen LogP contribution in [0.1, 0.15) is 103 Å². The molecular formula is C23H47NO2. The van der Waals surface area contributed by atoms with Gasteiger partial charge in [-0.05, 0) is 64.5 Å². The van der Waals surface area contributed by atoms with E-state index in [-0.39, 0.29) is 13.2 Å². The lowest BCUT2D eigenvalue weighted by molar-refractivity contribution is 0.207. The quantitative estimate of drug-likeness (QED) is 0.182. The fourth-order valence-corrected chi connectivity index (χ4v) is 3.53. The van der Waals surface area contributed by atoms with E-state index in [2.05, 4.69) is 17.5 Å². The van der Waals surface area contributed by atoms with Crippen molar-refractivity contribution >= 4 is 0 Å². The first kappa shape index (κ1) is 25.6. The van der Waals surface area contributed by atoms with Gasteiger partial charge in [-0.25, -0.2) is 0 Å². The molecule has 0 fully saturated rings. The number of hydrogen-bond acceptors (Lipinski definition) is 3. The van der Waals surface area contributed by atoms with E-state index >= 15 is 0 Å². The second-order valence-corrected chi connectivity index (χ2v) is 7.72. The van der Waals surface area contributed by atoms with Crippen molar-refractivity contribution in [3.63, 3.8) is 0 Å². The average molecular weight is 370 g/mol. The maximum atomic E-state index is 9.02. The van der Waals surface area contributed by atoms with Crippen molar-refractivity contribution in [2.45, 2.75) is 103 Å². The molecular weight excluding hydrogens is 322 g/mol. The van der Waals surface area contributed by atoms with Crippen LogP contribution in [0.3, 0.4) is 0 Å². The van der Waals surface area contributed by atoms with Crippen LogP contribution < -0.4 is 5.32 Å². The van der Waals surface area contributed by atoms with E-state index in [4.69, 9.17) is 10.2 Å². The topological polar surface area (TPSA) is 52.5 Å². The highest BCUT2D eigenvalue weighted by Gasteiger charge is 2.06. The molecule has 0 aliphatic rings. The second-order valence-electron chi connectivity index (χ2n) is 7.72. The maximum absolute atomic E-state index is 9.02. The van der Waals surface area contributed by atoms with E-state index in [1.807, 2.05) is 7.05 Å². The van der Waals surface area contributed by atoms with Gasteiger partial charge < -0.3 is 15.5 Å². The minimum atomic E-state index is 0.258. The van der Waals surface area contributed by atoms with E-state index in [0.29, 0.717) is 5.92 Å². The molecule has 0 bridgehead atoms. The molecule has 3 heteroatoms. The Kier molecular flexibility index (Phi) is 22.3. The van der Waals surface area contributed by atoms with Crippen molar-refractivity contribution in [1.29, 1.82) is 0 Å². The van der Waals surface area contributed by atoms with Gasteiger partial charge >= 0.3 is 0 Å². The summed E-state index contributed by atoms with van der Waals surface area (Å²) in [7, 11) is 2.03. The van der Waals surface area contributed by atoms with Gasteiger partial charge in [-0.2, -0.15) is 0 Å². The summed E-state index contributed by atoms with van der Waals surface area (Å²) in [6, 6.07) is 0. The Morgan fingerprint density at radius 2 is 1.08 bits per heavy atom. The van der Waals surface area contributed by atoms with E-state index < -0.39 is 0 Å². The Labute approximate surface area is 163 Å². The van der Waals surface area contributed by atoms with Crippen LogP contribution in [-0.4, -0.2) is 37.0 Å². The highest BCUT2D eigenvalue weighted by atomic mass is 16.3. The summed E-state index contributed by atoms with van der Waals surface area (Å²) in [5, 5.41) is 21.2. The summed E-state index contributed by atoms with van der Waals surface area (Å²) in [6.07, 6.45) is 24.9. The molecule has 0 saturated carbocycles. The van der Waals surface area contributed by atoms with E-state index in [9.17, 15) is 0 Å². The molecule has 0 aromatic carbocycles. The Morgan fingerprint density at radius 3 is 1.58 bits per heavy atom. The van der Waals surface area contributed by atoms with Crippen molar-refractivity contribution in [2.24, 2.45) is 5.92 Å². The minimum Gasteiger partial charge on any atom is -0.396 e. The van der Waals surface area contributed by atoms with Gasteiger partial charge in [0.05, 0.1) is 0 Å². The molecule has 0 saturated heterocycles. The number of nitrogens with one attached hydrogen (secondary N) is 1. The molecule has 0 aliphatic carbocycles. The molecule has 156 valence electrons. The van der Waals surface area contributed by atoms with Gasteiger partial charge in [0.1, 0.15) is 0 Å². The molecule has 3 nitrogen and oxygen atoms in total. The number of allylic oxidation sites excluding steroid dienone is 2. The fraction of sp³-hybridized carbons (Fsp3) is 0.913. The third kappa shape index (κ3) is 19.9. The van der Waals surface area contributed by atoms with Gasteiger partial charge in [-0.1, -0.05) is 69.9 Å². The summed E-state index contributed by atoms with van der Waals surface area (Å²) >= 11 is 0. The maximum Gasteiger partial charge on any atom is 0.0433 e. The van der Waals surface area contributed by atoms with Gasteiger partial charge in [0.25, 0.3) is 0 Å². The van der Waals surface area contributed by atoms with Crippen LogP contribution in [0.2, 0.25) is 0 Å². The average Bonchev–Trinajstić information content (AvgIpc) is 2.64. The van der Waals surface area contributed by atoms with Gasteiger partial charge in [0.15, 0.2) is 0 Å². The predicted molar refractivity (Wildman–Crippen MR) is 115 cm³/mol. The molecule has 0 radical (unpaired) electrons. The molecule has 0 unspecified atom stereocenters. The zero-order valence-electron chi connectivity index (χ0n) is 17.6. The SMILES string of the molecule is CNCCCCCCCCC=CCCCCCCCC(CCO)CCO. The molecule has 0 atom stereocenters. The van der Waals surface area contributed by atoms with E-state index in [0.717, 1.165) is 25.8 Å². The summed E-state index contributed by atoms with van der Waals surface area (Å²) in [5.74, 6) is 0.515. The number of unbranched alkanes of at least 4 members (excludes halogenated alkanes) is 11. The molecule has 0 spiro atoms. The molecule has 26 heavy (non-hydrogen) atoms. The Hall–Kier alpha value is -0.380. The summed E-state index contributed by atoms with van der Waals surface area (Å²) in [5.41, 5.74) is 0. The van der Waals surface area contributed by atoms with Gasteiger partial charge in [0.2, 0.25) is 0 Å². The third-order valence-corrected chi connectivity index (χ3v) is 5.27. The Morgan fingerprint density at radius 1 is 0.615 bits per heavy atom. The smallest absolute Gasteiger partial charge is 0.0433 e. The Balaban J connectivity index is 3.23. The zero-order valence-corrected chi connectivity index (χ0v) is 17.6. The van der Waals surface area contributed by atoms with Crippen molar-refractivity contribution in [3.05, 3.63) is 12.2 Å². The first-order valence-corrected chi connectivity index (χ1v) is 11.4. The van der Waals surface area contributed by atoms with Crippen molar-refractivity contribution < 1.29 is 10.2 Å². The lowest BCUT2D eigenvalue weighted by Crippen LogP contribution is -2.06. The number of hydrogen-bond donors (Lipinski definition) is 3. The van der Waals surface area contributed by atoms with Crippen LogP contribution in [0.4, 0.5) is 0 Å². The molecule has 0 aliphatic heterocycles. The van der Waals surface area contributed by atoms with E-state index in [1.54, 1.807) is 0 Å². The molecule has 0 rings (SSSR count). The van der Waals surface area contributed by atoms with Gasteiger partial charge in [-0.3, -0.25) is 0 Å². The third-order valence-electron chi connectivity index (χ3n) is 5.27. The Bertz CT molecular complexity index is 275. The minimum absolute atomic E-state index is 0.258. The zero-order chi connectivity index (χ0) is 19.1. The number of aliphatic hydroxyl groups excluding tert-OH is 2. The van der Waals surface area contributed by atoms with Crippen LogP contribution in [0.25, 0.3) is 0 Å². The monoisotopic (exact) mass is 369 g/mol. The van der Waals surface area contributed by atoms with Gasteiger partial charge in [-0.15, -0.1) is 0 Å². The standard InChI is InChI=1S/C23H47NO2/c1-24-20-16-14-12-10-8-6-4-2-3-5-7-9-11-13-15-17-23(18-21-25)19-22-26/h2-3,23-26H,4-22H2,1H3. The van der Waals surface area contributed by atoms with E-state index in [1.165, 1.54) is 83.5 Å². The highest BCUT2D eigenvalue weighted by molar-refractivity contribution is 4.81. The largest absolute Gasteiger partial charge is 0.396 e. The number of aliphatic hydroxyl groups is 2. The predicted octanol–water partition coefficient (Wildman–Crippen LogP) is 5.60. The lowest BCUT2D eigenvalue weighted by Gasteiger charge is -2.13. The number of rotatable bonds is 21. The van der Waals surface area contributed by atoms with Gasteiger partial charge in [0, 0.05) is 13.2 Å². The van der Waals surface area contributed by atoms with Crippen molar-refractivity contribution in [3.8, 4) is 0 Å². The first-order valence-electron chi connectivity index (χ1n) is 11.4. The summed E-state index contributed by atoms with van der Waals surface area (Å²) in [6.45, 7) is 1.68. The molecule has 3 N–H and O–H groups in total. The highest BCUT2D eigenvalue weighted by Crippen LogP contribution is 2.18. The molecule has 0 amide bonds. The summed E-state index contributed by atoms with van der Waals surface area (Å²) in [4.78, 5) is 0. The van der Waals surface area contributed by atoms with Crippen LogP contribution in [0.15, 0.2) is 12.2 Å². The fourth-order valence-electron chi connectivity index (χ4n) is 3.53. The molecule has 0 aromatic heterocycles. The second kappa shape index (κ2) is 22.7. The first-order chi connectivity index (χ1) is 12.8. The summed E-state index contributed by atoms with van der Waals surface area (Å²) < 4.78 is 0. The lowest BCUT2D eigenvalue weighted by atomic mass is 9.95. The van der Waals surface area contributed by atoms with Crippen molar-refractivity contribution in [1.82, 2.24) is 5.32 Å². The van der Waals surface area contributed by atoms with Crippen LogP contribution >= 0.6 is 0 Å². The van der Waals surface area contributed by atoms with Crippen LogP contribution in [0.5, 0.6) is 0 Å². The molecule has 0 aromatic rings. The van der Waals surface area contributed by atoms with Crippen LogP contribution in [-0.2, 0) is 0 Å². The normalized spacial score (nSPS) is 11.8.